The number of primary sulfonamides is 1. The highest BCUT2D eigenvalue weighted by molar-refractivity contribution is 7.89. The van der Waals surface area contributed by atoms with Crippen LogP contribution in [0.4, 0.5) is 5.69 Å². The molecule has 0 saturated carbocycles. The number of pyridine rings is 1. The molecule has 2 heterocycles. The molecule has 0 spiro atoms. The molecule has 0 bridgehead atoms. The number of piperazine rings is 1. The monoisotopic (exact) mass is 403 g/mol. The zero-order valence-corrected chi connectivity index (χ0v) is 16.4. The smallest absolute Gasteiger partial charge is 0.238 e. The van der Waals surface area contributed by atoms with Gasteiger partial charge in [0.05, 0.1) is 10.6 Å². The number of nitrogens with one attached hydrogen (secondary N) is 1. The first-order valence-corrected chi connectivity index (χ1v) is 10.7. The highest BCUT2D eigenvalue weighted by Crippen LogP contribution is 2.14. The standard InChI is InChI=1S/C19H25N5O3S/c20-28(26,27)18-6-3-5-16(14-18)22-19(25)7-9-23-10-12-24(13-11-23)15-17-4-1-2-8-21-17/h1-6,8,14H,7,9-13,15H2,(H,22,25)(H2,20,26,27). The highest BCUT2D eigenvalue weighted by atomic mass is 32.2. The minimum atomic E-state index is -3.79. The number of nitrogens with two attached hydrogens (primary N) is 1. The molecular weight excluding hydrogens is 378 g/mol. The molecule has 28 heavy (non-hydrogen) atoms. The van der Waals surface area contributed by atoms with Crippen LogP contribution >= 0.6 is 0 Å². The minimum absolute atomic E-state index is 0.0191. The lowest BCUT2D eigenvalue weighted by atomic mass is 10.2. The molecule has 0 atom stereocenters. The van der Waals surface area contributed by atoms with Gasteiger partial charge in [0.25, 0.3) is 0 Å². The van der Waals surface area contributed by atoms with Crippen LogP contribution in [0.1, 0.15) is 12.1 Å². The number of carbonyl (C=O) groups excluding carboxylic acids is 1. The molecule has 1 fully saturated rings. The summed E-state index contributed by atoms with van der Waals surface area (Å²) in [6.45, 7) is 5.19. The Bertz CT molecular complexity index is 897. The van der Waals surface area contributed by atoms with Gasteiger partial charge in [-0.15, -0.1) is 0 Å². The van der Waals surface area contributed by atoms with Crippen LogP contribution in [0.2, 0.25) is 0 Å². The van der Waals surface area contributed by atoms with Crippen molar-refractivity contribution in [3.8, 4) is 0 Å². The molecule has 1 aliphatic heterocycles. The van der Waals surface area contributed by atoms with Crippen molar-refractivity contribution in [2.24, 2.45) is 5.14 Å². The van der Waals surface area contributed by atoms with Gasteiger partial charge in [-0.2, -0.15) is 0 Å². The number of nitrogens with zero attached hydrogens (tertiary/aromatic N) is 3. The Kier molecular flexibility index (Phi) is 6.74. The molecule has 1 aliphatic rings. The minimum Gasteiger partial charge on any atom is -0.326 e. The summed E-state index contributed by atoms with van der Waals surface area (Å²) in [5.41, 5.74) is 1.49. The summed E-state index contributed by atoms with van der Waals surface area (Å²) in [6.07, 6.45) is 2.16. The molecule has 9 heteroatoms. The summed E-state index contributed by atoms with van der Waals surface area (Å²) in [4.78, 5) is 21.1. The van der Waals surface area contributed by atoms with E-state index < -0.39 is 10.0 Å². The molecule has 3 N–H and O–H groups in total. The van der Waals surface area contributed by atoms with Gasteiger partial charge in [-0.25, -0.2) is 13.6 Å². The van der Waals surface area contributed by atoms with Crippen LogP contribution in [0, 0.1) is 0 Å². The summed E-state index contributed by atoms with van der Waals surface area (Å²) in [5.74, 6) is -0.150. The number of hydrogen-bond donors (Lipinski definition) is 2. The predicted molar refractivity (Wildman–Crippen MR) is 107 cm³/mol. The number of aromatic nitrogens is 1. The van der Waals surface area contributed by atoms with E-state index in [4.69, 9.17) is 5.14 Å². The Labute approximate surface area is 165 Å². The van der Waals surface area contributed by atoms with E-state index in [2.05, 4.69) is 20.1 Å². The van der Waals surface area contributed by atoms with Crippen molar-refractivity contribution in [1.29, 1.82) is 0 Å². The fourth-order valence-corrected chi connectivity index (χ4v) is 3.69. The van der Waals surface area contributed by atoms with Crippen molar-refractivity contribution >= 4 is 21.6 Å². The van der Waals surface area contributed by atoms with Crippen molar-refractivity contribution in [2.45, 2.75) is 17.9 Å². The number of benzene rings is 1. The molecule has 0 unspecified atom stereocenters. The molecular formula is C19H25N5O3S. The van der Waals surface area contributed by atoms with Gasteiger partial charge in [0.1, 0.15) is 0 Å². The van der Waals surface area contributed by atoms with Gasteiger partial charge in [0.2, 0.25) is 15.9 Å². The first-order valence-electron chi connectivity index (χ1n) is 9.17. The molecule has 0 radical (unpaired) electrons. The van der Waals surface area contributed by atoms with Crippen molar-refractivity contribution in [1.82, 2.24) is 14.8 Å². The summed E-state index contributed by atoms with van der Waals surface area (Å²) >= 11 is 0. The molecule has 0 aliphatic carbocycles. The lowest BCUT2D eigenvalue weighted by molar-refractivity contribution is -0.116. The lowest BCUT2D eigenvalue weighted by Gasteiger charge is -2.34. The Morgan fingerprint density at radius 3 is 2.50 bits per heavy atom. The molecule has 150 valence electrons. The normalized spacial score (nSPS) is 16.0. The Balaban J connectivity index is 1.41. The van der Waals surface area contributed by atoms with Gasteiger partial charge >= 0.3 is 0 Å². The first kappa shape index (κ1) is 20.4. The number of anilines is 1. The van der Waals surface area contributed by atoms with Crippen molar-refractivity contribution < 1.29 is 13.2 Å². The maximum Gasteiger partial charge on any atom is 0.238 e. The van der Waals surface area contributed by atoms with Gasteiger partial charge < -0.3 is 10.2 Å². The number of hydrogen-bond acceptors (Lipinski definition) is 6. The van der Waals surface area contributed by atoms with Crippen LogP contribution in [-0.2, 0) is 21.4 Å². The second kappa shape index (κ2) is 9.24. The molecule has 1 aromatic carbocycles. The van der Waals surface area contributed by atoms with E-state index in [0.29, 0.717) is 18.7 Å². The fourth-order valence-electron chi connectivity index (χ4n) is 3.13. The quantitative estimate of drug-likeness (QED) is 0.710. The van der Waals surface area contributed by atoms with Crippen LogP contribution in [-0.4, -0.2) is 61.8 Å². The summed E-state index contributed by atoms with van der Waals surface area (Å²) in [7, 11) is -3.79. The fraction of sp³-hybridized carbons (Fsp3) is 0.368. The second-order valence-electron chi connectivity index (χ2n) is 6.81. The van der Waals surface area contributed by atoms with Crippen molar-refractivity contribution in [2.75, 3.05) is 38.0 Å². The molecule has 1 amide bonds. The second-order valence-corrected chi connectivity index (χ2v) is 8.37. The number of sulfonamides is 1. The van der Waals surface area contributed by atoms with E-state index in [9.17, 15) is 13.2 Å². The van der Waals surface area contributed by atoms with Crippen LogP contribution in [0.5, 0.6) is 0 Å². The maximum absolute atomic E-state index is 12.2. The van der Waals surface area contributed by atoms with E-state index in [1.165, 1.54) is 12.1 Å². The van der Waals surface area contributed by atoms with Crippen molar-refractivity contribution in [3.05, 3.63) is 54.4 Å². The third-order valence-corrected chi connectivity index (χ3v) is 5.59. The Morgan fingerprint density at radius 1 is 1.07 bits per heavy atom. The predicted octanol–water partition coefficient (Wildman–Crippen LogP) is 0.875. The third-order valence-electron chi connectivity index (χ3n) is 4.68. The van der Waals surface area contributed by atoms with Crippen LogP contribution in [0.15, 0.2) is 53.6 Å². The van der Waals surface area contributed by atoms with E-state index in [-0.39, 0.29) is 10.8 Å². The van der Waals surface area contributed by atoms with Crippen LogP contribution in [0.25, 0.3) is 0 Å². The number of amides is 1. The average molecular weight is 404 g/mol. The van der Waals surface area contributed by atoms with E-state index >= 15 is 0 Å². The van der Waals surface area contributed by atoms with Crippen LogP contribution < -0.4 is 10.5 Å². The largest absolute Gasteiger partial charge is 0.326 e. The summed E-state index contributed by atoms with van der Waals surface area (Å²) in [6, 6.07) is 11.9. The average Bonchev–Trinajstić information content (AvgIpc) is 2.68. The SMILES string of the molecule is NS(=O)(=O)c1cccc(NC(=O)CCN2CCN(Cc3ccccn3)CC2)c1. The van der Waals surface area contributed by atoms with Gasteiger partial charge in [-0.3, -0.25) is 14.7 Å². The molecule has 1 aromatic heterocycles. The number of carbonyl (C=O) groups is 1. The summed E-state index contributed by atoms with van der Waals surface area (Å²) < 4.78 is 22.8. The Hall–Kier alpha value is -2.33. The lowest BCUT2D eigenvalue weighted by Crippen LogP contribution is -2.46. The molecule has 8 nitrogen and oxygen atoms in total. The van der Waals surface area contributed by atoms with Gasteiger partial charge in [-0.1, -0.05) is 12.1 Å². The zero-order valence-electron chi connectivity index (χ0n) is 15.6. The Morgan fingerprint density at radius 2 is 1.82 bits per heavy atom. The number of rotatable bonds is 7. The summed E-state index contributed by atoms with van der Waals surface area (Å²) in [5, 5.41) is 7.85. The van der Waals surface area contributed by atoms with E-state index in [0.717, 1.165) is 38.4 Å². The third kappa shape index (κ3) is 6.10. The van der Waals surface area contributed by atoms with Gasteiger partial charge in [-0.05, 0) is 30.3 Å². The van der Waals surface area contributed by atoms with Gasteiger partial charge in [0, 0.05) is 57.6 Å². The highest BCUT2D eigenvalue weighted by Gasteiger charge is 2.18. The topological polar surface area (TPSA) is 109 Å². The van der Waals surface area contributed by atoms with Gasteiger partial charge in [0.15, 0.2) is 0 Å². The molecule has 2 aromatic rings. The van der Waals surface area contributed by atoms with Crippen molar-refractivity contribution in [3.63, 3.8) is 0 Å². The van der Waals surface area contributed by atoms with Crippen LogP contribution in [0.3, 0.4) is 0 Å². The van der Waals surface area contributed by atoms with E-state index in [1.807, 2.05) is 24.4 Å². The zero-order chi connectivity index (χ0) is 20.0. The van der Waals surface area contributed by atoms with E-state index in [1.54, 1.807) is 12.1 Å². The molecule has 1 saturated heterocycles. The first-order chi connectivity index (χ1) is 13.4. The maximum atomic E-state index is 12.2. The molecule has 3 rings (SSSR count).